The molecule has 7 heteroatoms. The van der Waals surface area contributed by atoms with Crippen molar-refractivity contribution in [1.82, 2.24) is 10.2 Å². The Morgan fingerprint density at radius 3 is 2.24 bits per heavy atom. The molecule has 0 aliphatic rings. The summed E-state index contributed by atoms with van der Waals surface area (Å²) in [7, 11) is 0. The van der Waals surface area contributed by atoms with Crippen molar-refractivity contribution in [2.45, 2.75) is 35.0 Å². The number of alkyl halides is 1. The first-order valence-corrected chi connectivity index (χ1v) is 9.24. The zero-order valence-corrected chi connectivity index (χ0v) is 16.0. The molecule has 1 aromatic heterocycles. The van der Waals surface area contributed by atoms with Crippen LogP contribution < -0.4 is 0 Å². The highest BCUT2D eigenvalue weighted by Gasteiger charge is 2.14. The van der Waals surface area contributed by atoms with Crippen LogP contribution in [0.15, 0.2) is 28.1 Å². The Morgan fingerprint density at radius 1 is 1.10 bits per heavy atom. The molecule has 0 saturated heterocycles. The molecule has 2 rings (SSSR count). The molecule has 112 valence electrons. The lowest BCUT2D eigenvalue weighted by Gasteiger charge is -2.10. The van der Waals surface area contributed by atoms with Crippen molar-refractivity contribution in [3.8, 4) is 0 Å². The lowest BCUT2D eigenvalue weighted by molar-refractivity contribution is 0.815. The van der Waals surface area contributed by atoms with Crippen molar-refractivity contribution in [2.75, 3.05) is 0 Å². The van der Waals surface area contributed by atoms with Crippen molar-refractivity contribution < 1.29 is 0 Å². The van der Waals surface area contributed by atoms with E-state index in [1.807, 2.05) is 18.2 Å². The molecule has 0 atom stereocenters. The van der Waals surface area contributed by atoms with E-state index < -0.39 is 0 Å². The van der Waals surface area contributed by atoms with Crippen LogP contribution in [0.4, 0.5) is 0 Å². The van der Waals surface area contributed by atoms with Crippen LogP contribution in [0.1, 0.15) is 30.9 Å². The van der Waals surface area contributed by atoms with Gasteiger partial charge in [-0.1, -0.05) is 76.3 Å². The molecule has 1 heterocycles. The van der Waals surface area contributed by atoms with Crippen LogP contribution in [0.25, 0.3) is 0 Å². The Morgan fingerprint density at radius 2 is 1.71 bits per heavy atom. The fraction of sp³-hybridized carbons (Fsp3) is 0.286. The number of aromatic nitrogens is 2. The van der Waals surface area contributed by atoms with E-state index in [1.165, 1.54) is 11.8 Å². The predicted octanol–water partition coefficient (Wildman–Crippen LogP) is 6.61. The van der Waals surface area contributed by atoms with Crippen LogP contribution >= 0.6 is 62.5 Å². The van der Waals surface area contributed by atoms with Gasteiger partial charge >= 0.3 is 0 Å². The van der Waals surface area contributed by atoms with Gasteiger partial charge in [0.15, 0.2) is 5.15 Å². The molecule has 0 unspecified atom stereocenters. The second kappa shape index (κ2) is 7.51. The quantitative estimate of drug-likeness (QED) is 0.515. The van der Waals surface area contributed by atoms with Gasteiger partial charge < -0.3 is 0 Å². The molecule has 0 amide bonds. The van der Waals surface area contributed by atoms with Crippen molar-refractivity contribution in [3.05, 3.63) is 44.5 Å². The number of rotatable bonds is 4. The summed E-state index contributed by atoms with van der Waals surface area (Å²) in [5.74, 6) is 0.272. The molecule has 2 nitrogen and oxygen atoms in total. The minimum absolute atomic E-state index is 0.272. The Labute approximate surface area is 151 Å². The molecule has 0 spiro atoms. The van der Waals surface area contributed by atoms with Crippen molar-refractivity contribution >= 4 is 62.5 Å². The van der Waals surface area contributed by atoms with Gasteiger partial charge in [0.2, 0.25) is 0 Å². The van der Waals surface area contributed by atoms with E-state index in [4.69, 9.17) is 34.8 Å². The summed E-state index contributed by atoms with van der Waals surface area (Å²) in [4.78, 5) is 0.773. The summed E-state index contributed by atoms with van der Waals surface area (Å²) >= 11 is 23.4. The van der Waals surface area contributed by atoms with Crippen LogP contribution in [0.3, 0.4) is 0 Å². The smallest absolute Gasteiger partial charge is 0.142 e. The third-order valence-electron chi connectivity index (χ3n) is 2.79. The topological polar surface area (TPSA) is 25.8 Å². The van der Waals surface area contributed by atoms with Gasteiger partial charge in [0, 0.05) is 5.33 Å². The van der Waals surface area contributed by atoms with E-state index in [1.54, 1.807) is 0 Å². The number of nitrogens with zero attached hydrogens (tertiary/aromatic N) is 2. The standard InChI is InChI=1S/C14H12BrCl3N2S/c1-7(2)9-5-12(19-20-14(9)18)21-13-10(16)3-8(6-15)4-11(13)17/h3-5,7H,6H2,1-2H3. The second-order valence-electron chi connectivity index (χ2n) is 4.71. The third kappa shape index (κ3) is 4.26. The number of halogens is 4. The van der Waals surface area contributed by atoms with Crippen molar-refractivity contribution in [3.63, 3.8) is 0 Å². The summed E-state index contributed by atoms with van der Waals surface area (Å²) in [5, 5.41) is 11.1. The Balaban J connectivity index is 2.37. The average Bonchev–Trinajstić information content (AvgIpc) is 2.43. The molecular formula is C14H12BrCl3N2S. The number of benzene rings is 1. The Kier molecular flexibility index (Phi) is 6.21. The summed E-state index contributed by atoms with van der Waals surface area (Å²) in [6.07, 6.45) is 0. The molecule has 0 fully saturated rings. The maximum absolute atomic E-state index is 6.30. The minimum Gasteiger partial charge on any atom is -0.142 e. The molecule has 0 aliphatic heterocycles. The van der Waals surface area contributed by atoms with E-state index in [0.29, 0.717) is 20.5 Å². The first kappa shape index (κ1) is 17.4. The zero-order valence-electron chi connectivity index (χ0n) is 11.3. The number of hydrogen-bond donors (Lipinski definition) is 0. The zero-order chi connectivity index (χ0) is 15.6. The molecule has 21 heavy (non-hydrogen) atoms. The predicted molar refractivity (Wildman–Crippen MR) is 94.3 cm³/mol. The van der Waals surface area contributed by atoms with Gasteiger partial charge in [-0.15, -0.1) is 10.2 Å². The first-order valence-electron chi connectivity index (χ1n) is 6.17. The van der Waals surface area contributed by atoms with Crippen LogP contribution in [0.2, 0.25) is 15.2 Å². The van der Waals surface area contributed by atoms with E-state index in [2.05, 4.69) is 40.0 Å². The van der Waals surface area contributed by atoms with E-state index in [0.717, 1.165) is 21.0 Å². The molecule has 0 saturated carbocycles. The summed E-state index contributed by atoms with van der Waals surface area (Å²) in [5.41, 5.74) is 1.98. The molecule has 0 bridgehead atoms. The van der Waals surface area contributed by atoms with Gasteiger partial charge in [0.05, 0.1) is 14.9 Å². The van der Waals surface area contributed by atoms with Crippen LogP contribution in [-0.2, 0) is 5.33 Å². The molecular weight excluding hydrogens is 414 g/mol. The minimum atomic E-state index is 0.272. The van der Waals surface area contributed by atoms with Gasteiger partial charge in [-0.2, -0.15) is 0 Å². The van der Waals surface area contributed by atoms with Gasteiger partial charge in [0.25, 0.3) is 0 Å². The molecule has 0 radical (unpaired) electrons. The third-order valence-corrected chi connectivity index (χ3v) is 5.61. The highest BCUT2D eigenvalue weighted by molar-refractivity contribution is 9.08. The first-order chi connectivity index (χ1) is 9.92. The summed E-state index contributed by atoms with van der Waals surface area (Å²) in [6, 6.07) is 5.70. The molecule has 1 aromatic carbocycles. The van der Waals surface area contributed by atoms with Crippen LogP contribution in [0.5, 0.6) is 0 Å². The average molecular weight is 427 g/mol. The fourth-order valence-corrected chi connectivity index (χ4v) is 3.91. The monoisotopic (exact) mass is 424 g/mol. The second-order valence-corrected chi connectivity index (χ2v) is 7.47. The van der Waals surface area contributed by atoms with Gasteiger partial charge in [-0.3, -0.25) is 0 Å². The SMILES string of the molecule is CC(C)c1cc(Sc2c(Cl)cc(CBr)cc2Cl)nnc1Cl. The van der Waals surface area contributed by atoms with Crippen molar-refractivity contribution in [2.24, 2.45) is 0 Å². The van der Waals surface area contributed by atoms with Gasteiger partial charge in [-0.25, -0.2) is 0 Å². The largest absolute Gasteiger partial charge is 0.155 e. The van der Waals surface area contributed by atoms with Crippen LogP contribution in [-0.4, -0.2) is 10.2 Å². The summed E-state index contributed by atoms with van der Waals surface area (Å²) in [6.45, 7) is 4.12. The summed E-state index contributed by atoms with van der Waals surface area (Å²) < 4.78 is 0. The van der Waals surface area contributed by atoms with E-state index in [-0.39, 0.29) is 5.92 Å². The van der Waals surface area contributed by atoms with E-state index in [9.17, 15) is 0 Å². The normalized spacial score (nSPS) is 11.2. The van der Waals surface area contributed by atoms with Crippen molar-refractivity contribution in [1.29, 1.82) is 0 Å². The van der Waals surface area contributed by atoms with E-state index >= 15 is 0 Å². The Bertz CT molecular complexity index is 642. The lowest BCUT2D eigenvalue weighted by Crippen LogP contribution is -1.96. The highest BCUT2D eigenvalue weighted by Crippen LogP contribution is 2.39. The maximum atomic E-state index is 6.30. The molecule has 0 N–H and O–H groups in total. The fourth-order valence-electron chi connectivity index (χ4n) is 1.72. The van der Waals surface area contributed by atoms with Gasteiger partial charge in [0.1, 0.15) is 5.03 Å². The van der Waals surface area contributed by atoms with Crippen LogP contribution in [0, 0.1) is 0 Å². The number of hydrogen-bond acceptors (Lipinski definition) is 3. The lowest BCUT2D eigenvalue weighted by atomic mass is 10.1. The molecule has 2 aromatic rings. The molecule has 0 aliphatic carbocycles. The Hall–Kier alpha value is -0.000000000000000167. The maximum Gasteiger partial charge on any atom is 0.155 e. The highest BCUT2D eigenvalue weighted by atomic mass is 79.9. The van der Waals surface area contributed by atoms with Gasteiger partial charge in [-0.05, 0) is 35.2 Å².